The predicted molar refractivity (Wildman–Crippen MR) is 142 cm³/mol. The number of benzene rings is 2. The highest BCUT2D eigenvalue weighted by molar-refractivity contribution is 5.75. The van der Waals surface area contributed by atoms with E-state index in [0.717, 1.165) is 50.1 Å². The Balaban J connectivity index is 1.51. The minimum atomic E-state index is -5.05. The zero-order valence-corrected chi connectivity index (χ0v) is 22.8. The number of amides is 1. The Morgan fingerprint density at radius 1 is 1.05 bits per heavy atom. The first-order chi connectivity index (χ1) is 18.9. The van der Waals surface area contributed by atoms with Gasteiger partial charge in [-0.1, -0.05) is 43.7 Å². The lowest BCUT2D eigenvalue weighted by atomic mass is 9.81. The summed E-state index contributed by atoms with van der Waals surface area (Å²) in [6.45, 7) is 7.47. The van der Waals surface area contributed by atoms with Crippen molar-refractivity contribution in [3.8, 4) is 0 Å². The lowest BCUT2D eigenvalue weighted by molar-refractivity contribution is -0.189. The Kier molecular flexibility index (Phi) is 8.70. The van der Waals surface area contributed by atoms with Crippen LogP contribution in [0.1, 0.15) is 56.7 Å². The molecule has 40 heavy (non-hydrogen) atoms. The monoisotopic (exact) mass is 563 g/mol. The highest BCUT2D eigenvalue weighted by Crippen LogP contribution is 2.45. The third-order valence-corrected chi connectivity index (χ3v) is 7.59. The Bertz CT molecular complexity index is 1310. The van der Waals surface area contributed by atoms with Gasteiger partial charge in [-0.3, -0.25) is 4.79 Å². The third-order valence-electron chi connectivity index (χ3n) is 7.59. The van der Waals surface area contributed by atoms with Crippen LogP contribution in [0.5, 0.6) is 0 Å². The lowest BCUT2D eigenvalue weighted by Crippen LogP contribution is -2.56. The summed E-state index contributed by atoms with van der Waals surface area (Å²) in [7, 11) is 0. The summed E-state index contributed by atoms with van der Waals surface area (Å²) >= 11 is 0. The molecule has 0 bridgehead atoms. The van der Waals surface area contributed by atoms with Gasteiger partial charge in [0.1, 0.15) is 0 Å². The zero-order chi connectivity index (χ0) is 29.1. The van der Waals surface area contributed by atoms with Gasteiger partial charge < -0.3 is 20.7 Å². The van der Waals surface area contributed by atoms with E-state index in [9.17, 15) is 26.7 Å². The number of dihydropyridines is 1. The number of nitrogens with one attached hydrogen (secondary N) is 3. The topological polar surface area (TPSA) is 62.4 Å². The summed E-state index contributed by atoms with van der Waals surface area (Å²) in [5, 5.41) is 8.72. The van der Waals surface area contributed by atoms with E-state index in [1.807, 2.05) is 12.2 Å². The Hall–Kier alpha value is -3.24. The number of alkyl halides is 3. The number of carbonyl (C=O) groups excluding carboxylic acids is 1. The summed E-state index contributed by atoms with van der Waals surface area (Å²) in [5.41, 5.74) is 0.000403. The fraction of sp³-hybridized carbons (Fsp3) is 0.433. The molecule has 4 rings (SSSR count). The molecule has 0 spiro atoms. The molecule has 0 saturated carbocycles. The van der Waals surface area contributed by atoms with Crippen LogP contribution in [0, 0.1) is 11.6 Å². The SMILES string of the molecule is CCC[C@]1(CCNCc2ccc(C(NC(C)=O)(c3ccc(F)c(F)c3)C(F)(F)F)cc2)OCC2=C1CNC(C)=C2. The summed E-state index contributed by atoms with van der Waals surface area (Å²) in [5.74, 6) is -3.70. The van der Waals surface area contributed by atoms with E-state index in [0.29, 0.717) is 31.8 Å². The molecule has 2 aromatic carbocycles. The first kappa shape index (κ1) is 29.7. The number of rotatable bonds is 10. The minimum absolute atomic E-state index is 0.321. The smallest absolute Gasteiger partial charge is 0.385 e. The number of ether oxygens (including phenoxy) is 1. The molecule has 2 atom stereocenters. The second-order valence-corrected chi connectivity index (χ2v) is 10.4. The number of hydrogen-bond acceptors (Lipinski definition) is 4. The van der Waals surface area contributed by atoms with Gasteiger partial charge in [0, 0.05) is 25.7 Å². The molecular weight excluding hydrogens is 529 g/mol. The van der Waals surface area contributed by atoms with Gasteiger partial charge in [0.05, 0.1) is 12.2 Å². The quantitative estimate of drug-likeness (QED) is 0.254. The molecule has 0 fully saturated rings. The molecule has 0 radical (unpaired) electrons. The van der Waals surface area contributed by atoms with Gasteiger partial charge in [-0.25, -0.2) is 8.78 Å². The summed E-state index contributed by atoms with van der Waals surface area (Å²) in [4.78, 5) is 11.9. The fourth-order valence-corrected chi connectivity index (χ4v) is 5.70. The van der Waals surface area contributed by atoms with Crippen molar-refractivity contribution in [1.82, 2.24) is 16.0 Å². The Morgan fingerprint density at radius 3 is 2.38 bits per heavy atom. The number of allylic oxidation sites excluding steroid dienone is 1. The second kappa shape index (κ2) is 11.7. The first-order valence-corrected chi connectivity index (χ1v) is 13.3. The van der Waals surface area contributed by atoms with Crippen LogP contribution in [-0.2, 0) is 21.6 Å². The molecule has 0 aliphatic carbocycles. The van der Waals surface area contributed by atoms with Gasteiger partial charge in [0.15, 0.2) is 17.2 Å². The molecule has 2 aromatic rings. The highest BCUT2D eigenvalue weighted by Gasteiger charge is 2.58. The molecule has 2 aliphatic heterocycles. The fourth-order valence-electron chi connectivity index (χ4n) is 5.70. The summed E-state index contributed by atoms with van der Waals surface area (Å²) in [6, 6.07) is 7.46. The van der Waals surface area contributed by atoms with E-state index >= 15 is 0 Å². The van der Waals surface area contributed by atoms with Gasteiger partial charge in [0.2, 0.25) is 5.91 Å². The second-order valence-electron chi connectivity index (χ2n) is 10.4. The van der Waals surface area contributed by atoms with Crippen LogP contribution in [0.2, 0.25) is 0 Å². The number of hydrogen-bond donors (Lipinski definition) is 3. The lowest BCUT2D eigenvalue weighted by Gasteiger charge is -2.37. The molecule has 0 saturated heterocycles. The van der Waals surface area contributed by atoms with Crippen molar-refractivity contribution >= 4 is 5.91 Å². The van der Waals surface area contributed by atoms with Gasteiger partial charge >= 0.3 is 6.18 Å². The van der Waals surface area contributed by atoms with E-state index in [1.54, 1.807) is 0 Å². The van der Waals surface area contributed by atoms with Gasteiger partial charge in [-0.2, -0.15) is 13.2 Å². The molecule has 3 N–H and O–H groups in total. The van der Waals surface area contributed by atoms with E-state index in [2.05, 4.69) is 23.6 Å². The van der Waals surface area contributed by atoms with E-state index in [4.69, 9.17) is 4.74 Å². The number of carbonyl (C=O) groups is 1. The molecule has 1 unspecified atom stereocenters. The molecule has 5 nitrogen and oxygen atoms in total. The third kappa shape index (κ3) is 5.78. The Labute approximate surface area is 230 Å². The molecule has 216 valence electrons. The first-order valence-electron chi connectivity index (χ1n) is 13.3. The van der Waals surface area contributed by atoms with E-state index < -0.39 is 34.8 Å². The highest BCUT2D eigenvalue weighted by atomic mass is 19.4. The van der Waals surface area contributed by atoms with Gasteiger partial charge in [-0.15, -0.1) is 0 Å². The van der Waals surface area contributed by atoms with Gasteiger partial charge in [-0.05, 0) is 72.4 Å². The van der Waals surface area contributed by atoms with Crippen LogP contribution >= 0.6 is 0 Å². The predicted octanol–water partition coefficient (Wildman–Crippen LogP) is 5.76. The molecule has 2 aliphatic rings. The van der Waals surface area contributed by atoms with Crippen LogP contribution in [0.4, 0.5) is 22.0 Å². The largest absolute Gasteiger partial charge is 0.420 e. The zero-order valence-electron chi connectivity index (χ0n) is 22.8. The van der Waals surface area contributed by atoms with Crippen molar-refractivity contribution in [2.24, 2.45) is 0 Å². The summed E-state index contributed by atoms with van der Waals surface area (Å²) in [6.07, 6.45) is -0.305. The molecule has 2 heterocycles. The maximum atomic E-state index is 14.6. The minimum Gasteiger partial charge on any atom is -0.385 e. The van der Waals surface area contributed by atoms with Crippen molar-refractivity contribution in [3.05, 3.63) is 93.7 Å². The average molecular weight is 564 g/mol. The van der Waals surface area contributed by atoms with Crippen LogP contribution in [-0.4, -0.2) is 37.4 Å². The normalized spacial score (nSPS) is 20.4. The standard InChI is InChI=1S/C30H34F5N3O2/c1-4-11-28(25-17-37-19(2)14-22(25)18-40-28)12-13-36-16-21-5-7-23(8-6-21)29(30(33,34)35,38-20(3)39)24-9-10-26(31)27(32)15-24/h5-10,14-15,36-37H,4,11-13,16-18H2,1-3H3,(H,38,39)/t28-,29?/m1/s1. The Morgan fingerprint density at radius 2 is 1.75 bits per heavy atom. The van der Waals surface area contributed by atoms with Crippen LogP contribution < -0.4 is 16.0 Å². The van der Waals surface area contributed by atoms with Gasteiger partial charge in [0.25, 0.3) is 0 Å². The van der Waals surface area contributed by atoms with Crippen LogP contribution in [0.3, 0.4) is 0 Å². The van der Waals surface area contributed by atoms with E-state index in [1.165, 1.54) is 35.4 Å². The van der Waals surface area contributed by atoms with Crippen LogP contribution in [0.15, 0.2) is 65.4 Å². The van der Waals surface area contributed by atoms with Crippen LogP contribution in [0.25, 0.3) is 0 Å². The number of halogens is 5. The average Bonchev–Trinajstić information content (AvgIpc) is 3.24. The van der Waals surface area contributed by atoms with Crippen molar-refractivity contribution in [3.63, 3.8) is 0 Å². The van der Waals surface area contributed by atoms with Crippen molar-refractivity contribution in [2.45, 2.75) is 63.9 Å². The maximum Gasteiger partial charge on any atom is 0.420 e. The molecule has 10 heteroatoms. The van der Waals surface area contributed by atoms with Crippen molar-refractivity contribution in [2.75, 3.05) is 19.7 Å². The molecule has 1 amide bonds. The summed E-state index contributed by atoms with van der Waals surface area (Å²) < 4.78 is 77.7. The maximum absolute atomic E-state index is 14.6. The van der Waals surface area contributed by atoms with E-state index in [-0.39, 0.29) is 11.2 Å². The van der Waals surface area contributed by atoms with Crippen molar-refractivity contribution < 1.29 is 31.5 Å². The van der Waals surface area contributed by atoms with Crippen molar-refractivity contribution in [1.29, 1.82) is 0 Å². The molecule has 0 aromatic heterocycles. The molecular formula is C30H34F5N3O2.